The van der Waals surface area contributed by atoms with Gasteiger partial charge in [0.15, 0.2) is 0 Å². The van der Waals surface area contributed by atoms with Crippen LogP contribution in [0.4, 0.5) is 11.4 Å². The largest absolute Gasteiger partial charge is 0.380 e. The normalized spacial score (nSPS) is 16.6. The van der Waals surface area contributed by atoms with Crippen LogP contribution < -0.4 is 10.2 Å². The molecule has 1 atom stereocenters. The number of halogens is 4. The van der Waals surface area contributed by atoms with Gasteiger partial charge in [-0.1, -0.05) is 41.4 Å². The molecule has 120 valence electrons. The van der Waals surface area contributed by atoms with Crippen molar-refractivity contribution in [3.63, 3.8) is 0 Å². The van der Waals surface area contributed by atoms with Crippen LogP contribution in [0.15, 0.2) is 48.5 Å². The summed E-state index contributed by atoms with van der Waals surface area (Å²) in [4.78, 5) is 2.40. The third-order valence-electron chi connectivity index (χ3n) is 3.60. The first-order valence-electron chi connectivity index (χ1n) is 6.74. The van der Waals surface area contributed by atoms with Gasteiger partial charge >= 0.3 is 0 Å². The molecule has 1 heterocycles. The second kappa shape index (κ2) is 8.73. The molecule has 0 amide bonds. The van der Waals surface area contributed by atoms with Crippen LogP contribution in [0.5, 0.6) is 0 Å². The average molecular weight is 380 g/mol. The van der Waals surface area contributed by atoms with E-state index in [4.69, 9.17) is 23.2 Å². The number of nitrogens with zero attached hydrogens (tertiary/aromatic N) is 1. The molecule has 2 aromatic rings. The van der Waals surface area contributed by atoms with Crippen LogP contribution in [0.2, 0.25) is 10.0 Å². The minimum Gasteiger partial charge on any atom is -0.380 e. The fraction of sp³-hybridized carbons (Fsp3) is 0.250. The van der Waals surface area contributed by atoms with E-state index in [1.165, 1.54) is 5.69 Å². The Morgan fingerprint density at radius 1 is 0.955 bits per heavy atom. The highest BCUT2D eigenvalue weighted by molar-refractivity contribution is 6.42. The number of benzene rings is 2. The van der Waals surface area contributed by atoms with Gasteiger partial charge in [0.2, 0.25) is 0 Å². The smallest absolute Gasteiger partial charge is 0.0612 e. The van der Waals surface area contributed by atoms with Crippen molar-refractivity contribution in [1.82, 2.24) is 0 Å². The number of nitrogens with one attached hydrogen (secondary N) is 1. The molecule has 0 spiro atoms. The Morgan fingerprint density at radius 2 is 1.68 bits per heavy atom. The lowest BCUT2D eigenvalue weighted by Gasteiger charge is -2.19. The van der Waals surface area contributed by atoms with E-state index in [1.54, 1.807) is 0 Å². The molecule has 1 N–H and O–H groups in total. The molecule has 0 aromatic heterocycles. The van der Waals surface area contributed by atoms with Crippen LogP contribution in [0.1, 0.15) is 6.42 Å². The Kier molecular flexibility index (Phi) is 7.64. The number of hydrogen-bond donors (Lipinski definition) is 1. The summed E-state index contributed by atoms with van der Waals surface area (Å²) in [5.74, 6) is 0. The van der Waals surface area contributed by atoms with E-state index in [0.29, 0.717) is 16.1 Å². The van der Waals surface area contributed by atoms with Crippen LogP contribution in [-0.2, 0) is 0 Å². The lowest BCUT2D eigenvalue weighted by atomic mass is 10.2. The summed E-state index contributed by atoms with van der Waals surface area (Å²) in [6.07, 6.45) is 1.12. The summed E-state index contributed by atoms with van der Waals surface area (Å²) in [7, 11) is 0. The molecule has 1 saturated heterocycles. The highest BCUT2D eigenvalue weighted by Gasteiger charge is 2.22. The van der Waals surface area contributed by atoms with E-state index in [-0.39, 0.29) is 24.8 Å². The zero-order valence-corrected chi connectivity index (χ0v) is 15.0. The van der Waals surface area contributed by atoms with Crippen LogP contribution in [0.25, 0.3) is 0 Å². The summed E-state index contributed by atoms with van der Waals surface area (Å²) in [5, 5.41) is 4.71. The fourth-order valence-corrected chi connectivity index (χ4v) is 2.87. The molecule has 1 aliphatic rings. The van der Waals surface area contributed by atoms with Gasteiger partial charge in [0.25, 0.3) is 0 Å². The van der Waals surface area contributed by atoms with Gasteiger partial charge in [-0.05, 0) is 36.8 Å². The third kappa shape index (κ3) is 4.60. The summed E-state index contributed by atoms with van der Waals surface area (Å²) < 4.78 is 0. The fourth-order valence-electron chi connectivity index (χ4n) is 2.57. The van der Waals surface area contributed by atoms with Gasteiger partial charge in [-0.25, -0.2) is 0 Å². The van der Waals surface area contributed by atoms with Crippen molar-refractivity contribution in [3.8, 4) is 0 Å². The Hall–Kier alpha value is -0.800. The molecule has 6 heteroatoms. The van der Waals surface area contributed by atoms with Gasteiger partial charge in [-0.15, -0.1) is 24.8 Å². The van der Waals surface area contributed by atoms with Gasteiger partial charge < -0.3 is 10.2 Å². The summed E-state index contributed by atoms with van der Waals surface area (Å²) in [6, 6.07) is 16.6. The Bertz CT molecular complexity index is 592. The molecule has 22 heavy (non-hydrogen) atoms. The van der Waals surface area contributed by atoms with Crippen molar-refractivity contribution in [3.05, 3.63) is 58.6 Å². The van der Waals surface area contributed by atoms with Crippen molar-refractivity contribution in [2.75, 3.05) is 23.3 Å². The summed E-state index contributed by atoms with van der Waals surface area (Å²) in [5.41, 5.74) is 2.31. The van der Waals surface area contributed by atoms with Crippen molar-refractivity contribution in [2.45, 2.75) is 12.5 Å². The minimum absolute atomic E-state index is 0. The topological polar surface area (TPSA) is 15.3 Å². The number of hydrogen-bond acceptors (Lipinski definition) is 2. The third-order valence-corrected chi connectivity index (χ3v) is 4.34. The monoisotopic (exact) mass is 378 g/mol. The average Bonchev–Trinajstić information content (AvgIpc) is 2.92. The number of anilines is 2. The molecule has 3 rings (SSSR count). The van der Waals surface area contributed by atoms with Crippen molar-refractivity contribution < 1.29 is 0 Å². The molecule has 0 radical (unpaired) electrons. The minimum atomic E-state index is 0. The summed E-state index contributed by atoms with van der Waals surface area (Å²) in [6.45, 7) is 2.08. The van der Waals surface area contributed by atoms with Crippen LogP contribution in [0, 0.1) is 0 Å². The molecule has 0 saturated carbocycles. The van der Waals surface area contributed by atoms with Crippen LogP contribution >= 0.6 is 48.0 Å². The highest BCUT2D eigenvalue weighted by Crippen LogP contribution is 2.27. The van der Waals surface area contributed by atoms with Gasteiger partial charge in [-0.2, -0.15) is 0 Å². The van der Waals surface area contributed by atoms with E-state index in [2.05, 4.69) is 34.5 Å². The standard InChI is InChI=1S/C16H16Cl2N2.2ClH/c17-15-7-6-12(10-16(15)18)19-13-8-9-20(11-13)14-4-2-1-3-5-14;;/h1-7,10,13,19H,8-9,11H2;2*1H. The second-order valence-corrected chi connectivity index (χ2v) is 5.85. The molecular formula is C16H18Cl4N2. The number of para-hydroxylation sites is 1. The van der Waals surface area contributed by atoms with Crippen molar-refractivity contribution >= 4 is 59.4 Å². The van der Waals surface area contributed by atoms with Gasteiger partial charge in [0.05, 0.1) is 10.0 Å². The predicted octanol–water partition coefficient (Wildman–Crippen LogP) is 5.53. The van der Waals surface area contributed by atoms with E-state index < -0.39 is 0 Å². The molecule has 0 aliphatic carbocycles. The Morgan fingerprint density at radius 3 is 2.36 bits per heavy atom. The molecule has 1 fully saturated rings. The van der Waals surface area contributed by atoms with E-state index in [0.717, 1.165) is 25.2 Å². The summed E-state index contributed by atoms with van der Waals surface area (Å²) >= 11 is 12.0. The van der Waals surface area contributed by atoms with E-state index in [1.807, 2.05) is 24.3 Å². The Labute approximate surface area is 153 Å². The lowest BCUT2D eigenvalue weighted by Crippen LogP contribution is -2.25. The van der Waals surface area contributed by atoms with Crippen LogP contribution in [-0.4, -0.2) is 19.1 Å². The van der Waals surface area contributed by atoms with Gasteiger partial charge in [-0.3, -0.25) is 0 Å². The molecule has 2 nitrogen and oxygen atoms in total. The zero-order valence-electron chi connectivity index (χ0n) is 11.8. The molecule has 0 bridgehead atoms. The lowest BCUT2D eigenvalue weighted by molar-refractivity contribution is 0.807. The molecule has 1 aliphatic heterocycles. The highest BCUT2D eigenvalue weighted by atomic mass is 35.5. The van der Waals surface area contributed by atoms with Crippen molar-refractivity contribution in [1.29, 1.82) is 0 Å². The van der Waals surface area contributed by atoms with Gasteiger partial charge in [0.1, 0.15) is 0 Å². The second-order valence-electron chi connectivity index (χ2n) is 5.04. The van der Waals surface area contributed by atoms with E-state index in [9.17, 15) is 0 Å². The SMILES string of the molecule is Cl.Cl.Clc1ccc(NC2CCN(c3ccccc3)C2)cc1Cl. The quantitative estimate of drug-likeness (QED) is 0.754. The maximum absolute atomic E-state index is 6.04. The zero-order chi connectivity index (χ0) is 13.9. The Balaban J connectivity index is 0.00000121. The molecule has 2 aromatic carbocycles. The van der Waals surface area contributed by atoms with E-state index >= 15 is 0 Å². The van der Waals surface area contributed by atoms with Gasteiger partial charge in [0, 0.05) is 30.5 Å². The first-order valence-corrected chi connectivity index (χ1v) is 7.49. The molecular weight excluding hydrogens is 362 g/mol. The van der Waals surface area contributed by atoms with Crippen molar-refractivity contribution in [2.24, 2.45) is 0 Å². The molecule has 1 unspecified atom stereocenters. The maximum Gasteiger partial charge on any atom is 0.0612 e. The van der Waals surface area contributed by atoms with Crippen LogP contribution in [0.3, 0.4) is 0 Å². The number of rotatable bonds is 3. The first-order chi connectivity index (χ1) is 9.72. The maximum atomic E-state index is 6.04. The predicted molar refractivity (Wildman–Crippen MR) is 102 cm³/mol. The first kappa shape index (κ1) is 19.2.